The van der Waals surface area contributed by atoms with Gasteiger partial charge in [0.05, 0.1) is 13.1 Å². The standard InChI is InChI=1S/C14H18ClN5O.HI/c1-3-16-14(18-9-13-19-10(2)21-20-13)17-8-11-6-4-5-7-12(11)15;/h4-7H,3,8-9H2,1-2H3,(H2,16,17,18);1H. The molecule has 0 saturated carbocycles. The first-order chi connectivity index (χ1) is 10.2. The summed E-state index contributed by atoms with van der Waals surface area (Å²) in [6, 6.07) is 7.66. The number of nitrogens with one attached hydrogen (secondary N) is 2. The number of rotatable bonds is 5. The van der Waals surface area contributed by atoms with Crippen LogP contribution in [0.3, 0.4) is 0 Å². The van der Waals surface area contributed by atoms with Gasteiger partial charge in [-0.15, -0.1) is 24.0 Å². The summed E-state index contributed by atoms with van der Waals surface area (Å²) in [6.07, 6.45) is 0. The molecule has 2 rings (SSSR count). The molecule has 0 aliphatic carbocycles. The Morgan fingerprint density at radius 3 is 2.73 bits per heavy atom. The van der Waals surface area contributed by atoms with Crippen LogP contribution in [0.4, 0.5) is 0 Å². The van der Waals surface area contributed by atoms with Crippen LogP contribution in [0.25, 0.3) is 0 Å². The number of hydrogen-bond acceptors (Lipinski definition) is 4. The summed E-state index contributed by atoms with van der Waals surface area (Å²) in [6.45, 7) is 5.48. The van der Waals surface area contributed by atoms with Gasteiger partial charge in [0.15, 0.2) is 11.8 Å². The highest BCUT2D eigenvalue weighted by atomic mass is 127. The van der Waals surface area contributed by atoms with Gasteiger partial charge in [0.1, 0.15) is 0 Å². The average molecular weight is 436 g/mol. The topological polar surface area (TPSA) is 75.3 Å². The van der Waals surface area contributed by atoms with Crippen LogP contribution in [0.15, 0.2) is 33.8 Å². The summed E-state index contributed by atoms with van der Waals surface area (Å²) in [5, 5.41) is 10.9. The summed E-state index contributed by atoms with van der Waals surface area (Å²) in [5.41, 5.74) is 0.978. The largest absolute Gasteiger partial charge is 0.357 e. The maximum absolute atomic E-state index is 6.12. The highest BCUT2D eigenvalue weighted by molar-refractivity contribution is 14.0. The van der Waals surface area contributed by atoms with Crippen molar-refractivity contribution in [3.8, 4) is 0 Å². The molecule has 0 saturated heterocycles. The third kappa shape index (κ3) is 5.80. The molecule has 2 N–H and O–H groups in total. The molecule has 0 fully saturated rings. The van der Waals surface area contributed by atoms with Crippen molar-refractivity contribution in [3.63, 3.8) is 0 Å². The minimum absolute atomic E-state index is 0. The van der Waals surface area contributed by atoms with E-state index in [-0.39, 0.29) is 24.0 Å². The van der Waals surface area contributed by atoms with E-state index in [0.717, 1.165) is 12.1 Å². The Hall–Kier alpha value is -1.35. The van der Waals surface area contributed by atoms with Crippen LogP contribution in [-0.4, -0.2) is 22.6 Å². The maximum atomic E-state index is 6.12. The van der Waals surface area contributed by atoms with Gasteiger partial charge >= 0.3 is 0 Å². The van der Waals surface area contributed by atoms with Crippen molar-refractivity contribution in [3.05, 3.63) is 46.6 Å². The molecule has 8 heteroatoms. The first-order valence-corrected chi connectivity index (χ1v) is 7.11. The Bertz CT molecular complexity index is 617. The van der Waals surface area contributed by atoms with E-state index in [0.29, 0.717) is 35.8 Å². The summed E-state index contributed by atoms with van der Waals surface area (Å²) < 4.78 is 4.92. The van der Waals surface area contributed by atoms with Crippen LogP contribution in [0, 0.1) is 6.92 Å². The molecule has 0 amide bonds. The first-order valence-electron chi connectivity index (χ1n) is 6.74. The van der Waals surface area contributed by atoms with E-state index in [9.17, 15) is 0 Å². The number of benzene rings is 1. The van der Waals surface area contributed by atoms with Gasteiger partial charge in [-0.25, -0.2) is 4.99 Å². The molecule has 2 aromatic rings. The van der Waals surface area contributed by atoms with E-state index in [1.165, 1.54) is 0 Å². The van der Waals surface area contributed by atoms with Gasteiger partial charge in [0, 0.05) is 18.5 Å². The van der Waals surface area contributed by atoms with E-state index < -0.39 is 0 Å². The Kier molecular flexibility index (Phi) is 8.18. The lowest BCUT2D eigenvalue weighted by molar-refractivity contribution is 0.387. The van der Waals surface area contributed by atoms with Crippen molar-refractivity contribution in [1.29, 1.82) is 0 Å². The molecule has 6 nitrogen and oxygen atoms in total. The van der Waals surface area contributed by atoms with Crippen molar-refractivity contribution in [2.45, 2.75) is 26.9 Å². The minimum atomic E-state index is 0. The fourth-order valence-electron chi connectivity index (χ4n) is 1.71. The fourth-order valence-corrected chi connectivity index (χ4v) is 1.90. The summed E-state index contributed by atoms with van der Waals surface area (Å²) in [7, 11) is 0. The lowest BCUT2D eigenvalue weighted by atomic mass is 10.2. The van der Waals surface area contributed by atoms with Crippen LogP contribution in [-0.2, 0) is 13.1 Å². The minimum Gasteiger partial charge on any atom is -0.357 e. The van der Waals surface area contributed by atoms with E-state index in [1.54, 1.807) is 6.92 Å². The zero-order chi connectivity index (χ0) is 15.1. The Morgan fingerprint density at radius 2 is 2.09 bits per heavy atom. The number of guanidine groups is 1. The highest BCUT2D eigenvalue weighted by Gasteiger charge is 2.04. The molecular formula is C14H19ClIN5O. The number of hydrogen-bond donors (Lipinski definition) is 2. The van der Waals surface area contributed by atoms with Crippen LogP contribution >= 0.6 is 35.6 Å². The molecule has 0 radical (unpaired) electrons. The molecule has 0 unspecified atom stereocenters. The van der Waals surface area contributed by atoms with Crippen LogP contribution in [0.2, 0.25) is 5.02 Å². The van der Waals surface area contributed by atoms with Gasteiger partial charge < -0.3 is 15.2 Å². The predicted octanol–water partition coefficient (Wildman–Crippen LogP) is 2.90. The van der Waals surface area contributed by atoms with E-state index in [1.807, 2.05) is 31.2 Å². The first kappa shape index (κ1) is 18.7. The Labute approximate surface area is 151 Å². The second-order valence-electron chi connectivity index (χ2n) is 4.37. The molecule has 0 spiro atoms. The van der Waals surface area contributed by atoms with Crippen LogP contribution in [0.1, 0.15) is 24.2 Å². The third-order valence-corrected chi connectivity index (χ3v) is 3.06. The molecule has 120 valence electrons. The lowest BCUT2D eigenvalue weighted by Crippen LogP contribution is -2.37. The molecule has 0 atom stereocenters. The maximum Gasteiger partial charge on any atom is 0.223 e. The molecule has 0 aliphatic heterocycles. The second-order valence-corrected chi connectivity index (χ2v) is 4.78. The van der Waals surface area contributed by atoms with Gasteiger partial charge in [-0.3, -0.25) is 0 Å². The predicted molar refractivity (Wildman–Crippen MR) is 97.6 cm³/mol. The van der Waals surface area contributed by atoms with Crippen molar-refractivity contribution in [1.82, 2.24) is 20.8 Å². The average Bonchev–Trinajstić information content (AvgIpc) is 2.89. The zero-order valence-corrected chi connectivity index (χ0v) is 15.6. The lowest BCUT2D eigenvalue weighted by Gasteiger charge is -2.10. The summed E-state index contributed by atoms with van der Waals surface area (Å²) in [5.74, 6) is 1.82. The molecule has 1 heterocycles. The quantitative estimate of drug-likeness (QED) is 0.429. The van der Waals surface area contributed by atoms with Gasteiger partial charge in [0.2, 0.25) is 5.89 Å². The van der Waals surface area contributed by atoms with Gasteiger partial charge in [-0.05, 0) is 18.6 Å². The fraction of sp³-hybridized carbons (Fsp3) is 0.357. The second kappa shape index (κ2) is 9.62. The van der Waals surface area contributed by atoms with Crippen molar-refractivity contribution >= 4 is 41.5 Å². The summed E-state index contributed by atoms with van der Waals surface area (Å²) in [4.78, 5) is 8.62. The number of aryl methyl sites for hydroxylation is 1. The van der Waals surface area contributed by atoms with E-state index in [2.05, 4.69) is 25.8 Å². The van der Waals surface area contributed by atoms with Gasteiger partial charge in [-0.1, -0.05) is 35.0 Å². The van der Waals surface area contributed by atoms with Crippen molar-refractivity contribution in [2.24, 2.45) is 4.99 Å². The van der Waals surface area contributed by atoms with Gasteiger partial charge in [0.25, 0.3) is 0 Å². The smallest absolute Gasteiger partial charge is 0.223 e. The van der Waals surface area contributed by atoms with Crippen molar-refractivity contribution < 1.29 is 4.52 Å². The Balaban J connectivity index is 0.00000242. The number of halogens is 2. The Morgan fingerprint density at radius 1 is 1.32 bits per heavy atom. The van der Waals surface area contributed by atoms with Gasteiger partial charge in [-0.2, -0.15) is 4.98 Å². The van der Waals surface area contributed by atoms with Crippen LogP contribution < -0.4 is 10.6 Å². The van der Waals surface area contributed by atoms with E-state index in [4.69, 9.17) is 16.1 Å². The van der Waals surface area contributed by atoms with Crippen LogP contribution in [0.5, 0.6) is 0 Å². The molecule has 1 aromatic carbocycles. The number of aromatic nitrogens is 2. The third-order valence-electron chi connectivity index (χ3n) is 2.69. The molecular weight excluding hydrogens is 417 g/mol. The number of nitrogens with zero attached hydrogens (tertiary/aromatic N) is 3. The SMILES string of the molecule is CCNC(=NCc1ccccc1Cl)NCc1noc(C)n1.I. The molecule has 1 aromatic heterocycles. The summed E-state index contributed by atoms with van der Waals surface area (Å²) >= 11 is 6.12. The monoisotopic (exact) mass is 435 g/mol. The number of aliphatic imine (C=N–C) groups is 1. The highest BCUT2D eigenvalue weighted by Crippen LogP contribution is 2.15. The molecule has 22 heavy (non-hydrogen) atoms. The molecule has 0 bridgehead atoms. The normalized spacial score (nSPS) is 11.0. The molecule has 0 aliphatic rings. The van der Waals surface area contributed by atoms with Crippen molar-refractivity contribution in [2.75, 3.05) is 6.54 Å². The van der Waals surface area contributed by atoms with E-state index >= 15 is 0 Å². The zero-order valence-electron chi connectivity index (χ0n) is 12.5.